The van der Waals surface area contributed by atoms with Gasteiger partial charge in [-0.1, -0.05) is 33.1 Å². The van der Waals surface area contributed by atoms with Gasteiger partial charge >= 0.3 is 11.9 Å². The van der Waals surface area contributed by atoms with Crippen LogP contribution in [-0.4, -0.2) is 30.5 Å². The molecule has 0 aliphatic rings. The van der Waals surface area contributed by atoms with Crippen LogP contribution < -0.4 is 5.73 Å². The van der Waals surface area contributed by atoms with E-state index in [1.165, 1.54) is 5.06 Å². The van der Waals surface area contributed by atoms with Gasteiger partial charge in [-0.25, -0.2) is 4.79 Å². The van der Waals surface area contributed by atoms with Gasteiger partial charge in [0.1, 0.15) is 0 Å². The summed E-state index contributed by atoms with van der Waals surface area (Å²) in [6, 6.07) is 0. The predicted molar refractivity (Wildman–Crippen MR) is 61.2 cm³/mol. The number of unbranched alkanes of at least 4 members (excludes halogenated alkanes) is 1. The molecule has 1 amide bonds. The standard InChI is InChI=1S/C11H22N2O3/c1-4-6-7-9(5-2)8-13(3)16-11(15)10(12)14/h9H,4-8H2,1-3H3,(H2,12,14). The van der Waals surface area contributed by atoms with Gasteiger partial charge in [-0.05, 0) is 12.3 Å². The highest BCUT2D eigenvalue weighted by Gasteiger charge is 2.16. The van der Waals surface area contributed by atoms with E-state index in [-0.39, 0.29) is 0 Å². The van der Waals surface area contributed by atoms with Gasteiger partial charge in [-0.2, -0.15) is 0 Å². The summed E-state index contributed by atoms with van der Waals surface area (Å²) in [6.07, 6.45) is 4.45. The Labute approximate surface area is 96.9 Å². The van der Waals surface area contributed by atoms with E-state index < -0.39 is 11.9 Å². The molecule has 0 saturated carbocycles. The number of nitrogens with two attached hydrogens (primary N) is 1. The first-order valence-electron chi connectivity index (χ1n) is 5.74. The Bertz CT molecular complexity index is 231. The maximum atomic E-state index is 10.9. The molecule has 0 aromatic carbocycles. The molecule has 5 nitrogen and oxygen atoms in total. The molecule has 0 aliphatic carbocycles. The SMILES string of the molecule is CCCCC(CC)CN(C)OC(=O)C(N)=O. The van der Waals surface area contributed by atoms with Crippen molar-refractivity contribution in [1.82, 2.24) is 5.06 Å². The summed E-state index contributed by atoms with van der Waals surface area (Å²) < 4.78 is 0. The van der Waals surface area contributed by atoms with Crippen LogP contribution in [0, 0.1) is 5.92 Å². The molecular weight excluding hydrogens is 208 g/mol. The first-order chi connectivity index (χ1) is 7.51. The Hall–Kier alpha value is -1.10. The van der Waals surface area contributed by atoms with Crippen molar-refractivity contribution in [1.29, 1.82) is 0 Å². The molecule has 5 heteroatoms. The minimum atomic E-state index is -1.06. The molecule has 94 valence electrons. The van der Waals surface area contributed by atoms with Gasteiger partial charge in [-0.15, -0.1) is 5.06 Å². The zero-order valence-corrected chi connectivity index (χ0v) is 10.4. The molecule has 0 saturated heterocycles. The zero-order valence-electron chi connectivity index (χ0n) is 10.4. The van der Waals surface area contributed by atoms with Crippen molar-refractivity contribution in [2.45, 2.75) is 39.5 Å². The number of amides is 1. The Morgan fingerprint density at radius 1 is 1.38 bits per heavy atom. The van der Waals surface area contributed by atoms with Gasteiger partial charge in [0.2, 0.25) is 0 Å². The van der Waals surface area contributed by atoms with E-state index in [4.69, 9.17) is 10.6 Å². The third kappa shape index (κ3) is 6.40. The largest absolute Gasteiger partial charge is 0.415 e. The maximum absolute atomic E-state index is 10.9. The maximum Gasteiger partial charge on any atom is 0.415 e. The molecule has 2 N–H and O–H groups in total. The molecule has 1 atom stereocenters. The monoisotopic (exact) mass is 230 g/mol. The van der Waals surface area contributed by atoms with Crippen molar-refractivity contribution in [3.05, 3.63) is 0 Å². The van der Waals surface area contributed by atoms with Gasteiger partial charge in [-0.3, -0.25) is 4.79 Å². The second-order valence-corrected chi connectivity index (χ2v) is 3.97. The molecule has 0 radical (unpaired) electrons. The lowest BCUT2D eigenvalue weighted by Gasteiger charge is -2.21. The average Bonchev–Trinajstić information content (AvgIpc) is 2.23. The van der Waals surface area contributed by atoms with Crippen LogP contribution in [0.4, 0.5) is 0 Å². The summed E-state index contributed by atoms with van der Waals surface area (Å²) >= 11 is 0. The van der Waals surface area contributed by atoms with E-state index in [1.54, 1.807) is 7.05 Å². The van der Waals surface area contributed by atoms with E-state index >= 15 is 0 Å². The van der Waals surface area contributed by atoms with Crippen molar-refractivity contribution < 1.29 is 14.4 Å². The lowest BCUT2D eigenvalue weighted by molar-refractivity contribution is -0.188. The van der Waals surface area contributed by atoms with Crippen LogP contribution >= 0.6 is 0 Å². The molecule has 16 heavy (non-hydrogen) atoms. The molecule has 1 unspecified atom stereocenters. The number of carbonyl (C=O) groups excluding carboxylic acids is 2. The molecule has 0 fully saturated rings. The van der Waals surface area contributed by atoms with Gasteiger partial charge in [0, 0.05) is 13.6 Å². The van der Waals surface area contributed by atoms with Gasteiger partial charge in [0.05, 0.1) is 0 Å². The third-order valence-electron chi connectivity index (χ3n) is 2.50. The van der Waals surface area contributed by atoms with Crippen LogP contribution in [0.5, 0.6) is 0 Å². The number of hydrogen-bond donors (Lipinski definition) is 1. The van der Waals surface area contributed by atoms with Crippen molar-refractivity contribution in [2.24, 2.45) is 11.7 Å². The fraction of sp³-hybridized carbons (Fsp3) is 0.818. The summed E-state index contributed by atoms with van der Waals surface area (Å²) in [5.41, 5.74) is 4.79. The molecule has 0 bridgehead atoms. The van der Waals surface area contributed by atoms with Crippen LogP contribution in [0.15, 0.2) is 0 Å². The average molecular weight is 230 g/mol. The predicted octanol–water partition coefficient (Wildman–Crippen LogP) is 1.08. The summed E-state index contributed by atoms with van der Waals surface area (Å²) in [7, 11) is 1.63. The number of hydrogen-bond acceptors (Lipinski definition) is 4. The van der Waals surface area contributed by atoms with Gasteiger partial charge in [0.15, 0.2) is 0 Å². The molecule has 0 spiro atoms. The normalized spacial score (nSPS) is 12.5. The Kier molecular flexibility index (Phi) is 7.54. The lowest BCUT2D eigenvalue weighted by Crippen LogP contribution is -2.34. The van der Waals surface area contributed by atoms with Gasteiger partial charge < -0.3 is 10.6 Å². The number of hydroxylamine groups is 2. The van der Waals surface area contributed by atoms with E-state index in [0.717, 1.165) is 25.7 Å². The van der Waals surface area contributed by atoms with Gasteiger partial charge in [0.25, 0.3) is 0 Å². The molecule has 0 aromatic heterocycles. The van der Waals surface area contributed by atoms with E-state index in [1.807, 2.05) is 0 Å². The molecule has 0 aromatic rings. The zero-order chi connectivity index (χ0) is 12.6. The highest BCUT2D eigenvalue weighted by atomic mass is 16.7. The van der Waals surface area contributed by atoms with Crippen LogP contribution in [-0.2, 0) is 14.4 Å². The summed E-state index contributed by atoms with van der Waals surface area (Å²) in [5.74, 6) is -1.59. The summed E-state index contributed by atoms with van der Waals surface area (Å²) in [6.45, 7) is 4.88. The first-order valence-corrected chi connectivity index (χ1v) is 5.74. The fourth-order valence-electron chi connectivity index (χ4n) is 1.50. The number of carbonyl (C=O) groups is 2. The highest BCUT2D eigenvalue weighted by molar-refractivity contribution is 6.31. The number of primary amides is 1. The molecular formula is C11H22N2O3. The summed E-state index contributed by atoms with van der Waals surface area (Å²) in [4.78, 5) is 26.1. The van der Waals surface area contributed by atoms with E-state index in [0.29, 0.717) is 12.5 Å². The molecule has 0 heterocycles. The minimum Gasteiger partial charge on any atom is -0.361 e. The van der Waals surface area contributed by atoms with Crippen molar-refractivity contribution in [3.63, 3.8) is 0 Å². The van der Waals surface area contributed by atoms with Crippen LogP contribution in [0.3, 0.4) is 0 Å². The summed E-state index contributed by atoms with van der Waals surface area (Å²) in [5, 5.41) is 1.39. The van der Waals surface area contributed by atoms with Crippen molar-refractivity contribution in [2.75, 3.05) is 13.6 Å². The highest BCUT2D eigenvalue weighted by Crippen LogP contribution is 2.13. The molecule has 0 aliphatic heterocycles. The second kappa shape index (κ2) is 8.10. The quantitative estimate of drug-likeness (QED) is 0.524. The second-order valence-electron chi connectivity index (χ2n) is 3.97. The Morgan fingerprint density at radius 2 is 2.00 bits per heavy atom. The lowest BCUT2D eigenvalue weighted by atomic mass is 9.99. The smallest absolute Gasteiger partial charge is 0.361 e. The topological polar surface area (TPSA) is 72.6 Å². The van der Waals surface area contributed by atoms with Crippen LogP contribution in [0.2, 0.25) is 0 Å². The van der Waals surface area contributed by atoms with E-state index in [2.05, 4.69) is 13.8 Å². The van der Waals surface area contributed by atoms with E-state index in [9.17, 15) is 9.59 Å². The number of rotatable bonds is 7. The number of nitrogens with zero attached hydrogens (tertiary/aromatic N) is 1. The third-order valence-corrected chi connectivity index (χ3v) is 2.50. The minimum absolute atomic E-state index is 0.477. The molecule has 0 rings (SSSR count). The van der Waals surface area contributed by atoms with Crippen molar-refractivity contribution in [3.8, 4) is 0 Å². The Morgan fingerprint density at radius 3 is 2.44 bits per heavy atom. The first kappa shape index (κ1) is 14.9. The Balaban J connectivity index is 3.95. The van der Waals surface area contributed by atoms with Crippen LogP contribution in [0.25, 0.3) is 0 Å². The van der Waals surface area contributed by atoms with Crippen molar-refractivity contribution >= 4 is 11.9 Å². The fourth-order valence-corrected chi connectivity index (χ4v) is 1.50. The van der Waals surface area contributed by atoms with Crippen LogP contribution in [0.1, 0.15) is 39.5 Å².